The van der Waals surface area contributed by atoms with E-state index >= 15 is 0 Å². The second kappa shape index (κ2) is 8.42. The van der Waals surface area contributed by atoms with Crippen LogP contribution in [-0.4, -0.2) is 26.0 Å². The molecule has 0 unspecified atom stereocenters. The highest BCUT2D eigenvalue weighted by Gasteiger charge is 2.18. The number of thiophene rings is 1. The Morgan fingerprint density at radius 2 is 1.85 bits per heavy atom. The van der Waals surface area contributed by atoms with E-state index in [2.05, 4.69) is 21.4 Å². The van der Waals surface area contributed by atoms with Crippen LogP contribution >= 0.6 is 11.3 Å². The van der Waals surface area contributed by atoms with Crippen LogP contribution in [0.15, 0.2) is 57.5 Å². The number of nitrogens with one attached hydrogen (secondary N) is 1. The number of aromatic carboxylic acids is 1. The summed E-state index contributed by atoms with van der Waals surface area (Å²) in [6.07, 6.45) is 3.21. The van der Waals surface area contributed by atoms with Crippen molar-refractivity contribution in [2.75, 3.05) is 0 Å². The van der Waals surface area contributed by atoms with E-state index in [9.17, 15) is 19.8 Å². The van der Waals surface area contributed by atoms with E-state index in [0.29, 0.717) is 16.1 Å². The standard InChI is InChI=1S/C25H22N4O4S/c1-13-10-18(20-8-9-21(34-20)25(32)33)23(30)19(11-13)26-27-22-14(2)28-29(24(22)31)17-7-6-15-4-3-5-16(15)12-17/h6-12,28,30H,3-5H2,1-2H3,(H,32,33). The Bertz CT molecular complexity index is 1530. The second-order valence-corrected chi connectivity index (χ2v) is 9.47. The summed E-state index contributed by atoms with van der Waals surface area (Å²) in [6.45, 7) is 3.59. The Morgan fingerprint density at radius 1 is 1.06 bits per heavy atom. The van der Waals surface area contributed by atoms with Gasteiger partial charge in [0.2, 0.25) is 0 Å². The summed E-state index contributed by atoms with van der Waals surface area (Å²) in [7, 11) is 0. The molecule has 0 atom stereocenters. The van der Waals surface area contributed by atoms with Crippen LogP contribution in [0.1, 0.15) is 38.5 Å². The summed E-state index contributed by atoms with van der Waals surface area (Å²) in [5.41, 5.74) is 5.21. The molecule has 0 amide bonds. The van der Waals surface area contributed by atoms with Crippen LogP contribution in [0, 0.1) is 13.8 Å². The molecule has 0 spiro atoms. The van der Waals surface area contributed by atoms with Gasteiger partial charge in [-0.05, 0) is 86.2 Å². The number of aromatic amines is 1. The zero-order valence-corrected chi connectivity index (χ0v) is 19.4. The van der Waals surface area contributed by atoms with Gasteiger partial charge >= 0.3 is 5.97 Å². The van der Waals surface area contributed by atoms with Crippen molar-refractivity contribution in [1.82, 2.24) is 9.78 Å². The Balaban J connectivity index is 1.51. The van der Waals surface area contributed by atoms with Gasteiger partial charge in [0.1, 0.15) is 10.6 Å². The van der Waals surface area contributed by atoms with E-state index < -0.39 is 5.97 Å². The minimum absolute atomic E-state index is 0.125. The minimum Gasteiger partial charge on any atom is -0.505 e. The number of phenols is 1. The third-order valence-electron chi connectivity index (χ3n) is 5.95. The number of aryl methyl sites for hydroxylation is 4. The van der Waals surface area contributed by atoms with Crippen molar-refractivity contribution in [1.29, 1.82) is 0 Å². The molecular weight excluding hydrogens is 452 g/mol. The van der Waals surface area contributed by atoms with Gasteiger partial charge in [0.05, 0.1) is 11.4 Å². The molecule has 8 nitrogen and oxygen atoms in total. The summed E-state index contributed by atoms with van der Waals surface area (Å²) < 4.78 is 1.46. The Morgan fingerprint density at radius 3 is 2.62 bits per heavy atom. The molecular formula is C25H22N4O4S. The number of nitrogens with zero attached hydrogens (tertiary/aromatic N) is 3. The normalized spacial score (nSPS) is 13.0. The van der Waals surface area contributed by atoms with E-state index in [4.69, 9.17) is 0 Å². The SMILES string of the molecule is Cc1cc(N=Nc2c(C)[nH]n(-c3ccc4c(c3)CCC4)c2=O)c(O)c(-c2ccc(C(=O)O)s2)c1. The Hall–Kier alpha value is -3.98. The zero-order valence-electron chi connectivity index (χ0n) is 18.6. The zero-order chi connectivity index (χ0) is 24.0. The highest BCUT2D eigenvalue weighted by Crippen LogP contribution is 2.41. The number of fused-ring (bicyclic) bond motifs is 1. The number of carbonyl (C=O) groups is 1. The molecule has 2 aromatic heterocycles. The van der Waals surface area contributed by atoms with Crippen LogP contribution in [0.25, 0.3) is 16.1 Å². The molecule has 0 bridgehead atoms. The fraction of sp³-hybridized carbons (Fsp3) is 0.200. The van der Waals surface area contributed by atoms with Gasteiger partial charge in [0.15, 0.2) is 11.4 Å². The molecule has 2 heterocycles. The maximum atomic E-state index is 13.1. The maximum Gasteiger partial charge on any atom is 0.345 e. The van der Waals surface area contributed by atoms with Crippen molar-refractivity contribution in [2.45, 2.75) is 33.1 Å². The van der Waals surface area contributed by atoms with E-state index in [1.54, 1.807) is 25.1 Å². The quantitative estimate of drug-likeness (QED) is 0.316. The number of hydrogen-bond donors (Lipinski definition) is 3. The van der Waals surface area contributed by atoms with E-state index in [1.165, 1.54) is 21.9 Å². The smallest absolute Gasteiger partial charge is 0.345 e. The molecule has 1 aliphatic carbocycles. The molecule has 5 rings (SSSR count). The largest absolute Gasteiger partial charge is 0.505 e. The molecule has 0 saturated carbocycles. The summed E-state index contributed by atoms with van der Waals surface area (Å²) >= 11 is 1.06. The van der Waals surface area contributed by atoms with Gasteiger partial charge in [-0.1, -0.05) is 6.07 Å². The molecule has 9 heteroatoms. The number of carboxylic acids is 1. The van der Waals surface area contributed by atoms with Gasteiger partial charge in [-0.15, -0.1) is 21.6 Å². The first-order valence-electron chi connectivity index (χ1n) is 10.8. The van der Waals surface area contributed by atoms with Gasteiger partial charge in [0.25, 0.3) is 5.56 Å². The molecule has 2 aromatic carbocycles. The number of rotatable bonds is 5. The number of aromatic nitrogens is 2. The lowest BCUT2D eigenvalue weighted by molar-refractivity contribution is 0.0702. The number of carboxylic acid groups (broad SMARTS) is 1. The van der Waals surface area contributed by atoms with Crippen LogP contribution < -0.4 is 5.56 Å². The van der Waals surface area contributed by atoms with Crippen molar-refractivity contribution in [3.8, 4) is 21.9 Å². The third kappa shape index (κ3) is 3.84. The summed E-state index contributed by atoms with van der Waals surface area (Å²) in [5, 5.41) is 31.4. The maximum absolute atomic E-state index is 13.1. The monoisotopic (exact) mass is 474 g/mol. The predicted molar refractivity (Wildman–Crippen MR) is 130 cm³/mol. The molecule has 0 fully saturated rings. The Labute approximate surface area is 198 Å². The molecule has 3 N–H and O–H groups in total. The van der Waals surface area contributed by atoms with Crippen molar-refractivity contribution >= 4 is 28.7 Å². The molecule has 0 saturated heterocycles. The first kappa shape index (κ1) is 21.8. The number of hydrogen-bond acceptors (Lipinski definition) is 6. The minimum atomic E-state index is -1.02. The molecule has 1 aliphatic rings. The van der Waals surface area contributed by atoms with E-state index in [-0.39, 0.29) is 27.6 Å². The third-order valence-corrected chi connectivity index (χ3v) is 7.06. The summed E-state index contributed by atoms with van der Waals surface area (Å²) in [6, 6.07) is 12.6. The lowest BCUT2D eigenvalue weighted by Gasteiger charge is -2.06. The first-order chi connectivity index (χ1) is 16.3. The van der Waals surface area contributed by atoms with Crippen molar-refractivity contribution in [3.63, 3.8) is 0 Å². The lowest BCUT2D eigenvalue weighted by atomic mass is 10.1. The number of H-pyrrole nitrogens is 1. The lowest BCUT2D eigenvalue weighted by Crippen LogP contribution is -2.14. The van der Waals surface area contributed by atoms with E-state index in [0.717, 1.165) is 41.9 Å². The molecule has 0 aliphatic heterocycles. The van der Waals surface area contributed by atoms with E-state index in [1.807, 2.05) is 19.1 Å². The van der Waals surface area contributed by atoms with Crippen LogP contribution in [0.3, 0.4) is 0 Å². The highest BCUT2D eigenvalue weighted by molar-refractivity contribution is 7.17. The average molecular weight is 475 g/mol. The number of phenolic OH excluding ortho intramolecular Hbond substituents is 1. The number of aromatic hydroxyl groups is 1. The van der Waals surface area contributed by atoms with Crippen LogP contribution in [0.4, 0.5) is 11.4 Å². The van der Waals surface area contributed by atoms with Crippen LogP contribution in [0.2, 0.25) is 0 Å². The van der Waals surface area contributed by atoms with Gasteiger partial charge in [0, 0.05) is 10.4 Å². The molecule has 4 aromatic rings. The van der Waals surface area contributed by atoms with Crippen molar-refractivity contribution < 1.29 is 15.0 Å². The summed E-state index contributed by atoms with van der Waals surface area (Å²) in [4.78, 5) is 25.1. The first-order valence-corrected chi connectivity index (χ1v) is 11.7. The predicted octanol–water partition coefficient (Wildman–Crippen LogP) is 5.82. The molecule has 0 radical (unpaired) electrons. The fourth-order valence-corrected chi connectivity index (χ4v) is 5.12. The average Bonchev–Trinajstić information content (AvgIpc) is 3.53. The van der Waals surface area contributed by atoms with Crippen LogP contribution in [-0.2, 0) is 12.8 Å². The number of benzene rings is 2. The Kier molecular flexibility index (Phi) is 5.41. The van der Waals surface area contributed by atoms with Gasteiger partial charge in [-0.25, -0.2) is 9.48 Å². The second-order valence-electron chi connectivity index (χ2n) is 8.38. The van der Waals surface area contributed by atoms with Crippen molar-refractivity contribution in [3.05, 3.63) is 80.1 Å². The van der Waals surface area contributed by atoms with Gasteiger partial charge in [-0.3, -0.25) is 9.89 Å². The highest BCUT2D eigenvalue weighted by atomic mass is 32.1. The molecule has 172 valence electrons. The topological polar surface area (TPSA) is 120 Å². The van der Waals surface area contributed by atoms with Gasteiger partial charge in [-0.2, -0.15) is 0 Å². The molecule has 34 heavy (non-hydrogen) atoms. The van der Waals surface area contributed by atoms with Crippen molar-refractivity contribution in [2.24, 2.45) is 10.2 Å². The van der Waals surface area contributed by atoms with Gasteiger partial charge < -0.3 is 10.2 Å². The number of azo groups is 1. The summed E-state index contributed by atoms with van der Waals surface area (Å²) in [5.74, 6) is -1.15. The fourth-order valence-electron chi connectivity index (χ4n) is 4.26. The van der Waals surface area contributed by atoms with Crippen LogP contribution in [0.5, 0.6) is 5.75 Å².